The Labute approximate surface area is 79.3 Å². The van der Waals surface area contributed by atoms with E-state index in [1.165, 1.54) is 16.7 Å². The number of allylic oxidation sites excluding steroid dienone is 1. The van der Waals surface area contributed by atoms with Crippen molar-refractivity contribution < 1.29 is 0 Å². The van der Waals surface area contributed by atoms with E-state index in [-0.39, 0.29) is 6.04 Å². The van der Waals surface area contributed by atoms with Crippen LogP contribution in [0, 0.1) is 6.92 Å². The molecule has 1 unspecified atom stereocenters. The molecule has 0 fully saturated rings. The van der Waals surface area contributed by atoms with E-state index in [0.29, 0.717) is 0 Å². The lowest BCUT2D eigenvalue weighted by Crippen LogP contribution is -2.11. The summed E-state index contributed by atoms with van der Waals surface area (Å²) < 4.78 is 0. The van der Waals surface area contributed by atoms with Gasteiger partial charge in [0.1, 0.15) is 0 Å². The SMILES string of the molecule is Cc1ccccc1C1=CC(N)CC1. The van der Waals surface area contributed by atoms with Crippen LogP contribution in [-0.2, 0) is 0 Å². The van der Waals surface area contributed by atoms with Crippen LogP contribution < -0.4 is 5.73 Å². The van der Waals surface area contributed by atoms with E-state index in [2.05, 4.69) is 37.3 Å². The molecule has 68 valence electrons. The number of hydrogen-bond acceptors (Lipinski definition) is 1. The van der Waals surface area contributed by atoms with Gasteiger partial charge < -0.3 is 5.73 Å². The lowest BCUT2D eigenvalue weighted by Gasteiger charge is -2.05. The van der Waals surface area contributed by atoms with Gasteiger partial charge in [-0.2, -0.15) is 0 Å². The summed E-state index contributed by atoms with van der Waals surface area (Å²) in [6.07, 6.45) is 4.43. The monoisotopic (exact) mass is 173 g/mol. The normalized spacial score (nSPS) is 21.7. The Kier molecular flexibility index (Phi) is 2.19. The van der Waals surface area contributed by atoms with Crippen LogP contribution in [0.2, 0.25) is 0 Å². The Morgan fingerprint density at radius 1 is 1.31 bits per heavy atom. The molecule has 1 aromatic rings. The highest BCUT2D eigenvalue weighted by molar-refractivity contribution is 5.70. The molecule has 0 saturated carbocycles. The van der Waals surface area contributed by atoms with Gasteiger partial charge in [0.05, 0.1) is 0 Å². The molecule has 0 aliphatic heterocycles. The van der Waals surface area contributed by atoms with Crippen molar-refractivity contribution in [3.05, 3.63) is 41.5 Å². The van der Waals surface area contributed by atoms with Crippen LogP contribution in [0.25, 0.3) is 5.57 Å². The van der Waals surface area contributed by atoms with Gasteiger partial charge >= 0.3 is 0 Å². The maximum absolute atomic E-state index is 5.84. The number of benzene rings is 1. The summed E-state index contributed by atoms with van der Waals surface area (Å²) in [6.45, 7) is 2.15. The second-order valence-corrected chi connectivity index (χ2v) is 3.71. The molecule has 0 amide bonds. The smallest absolute Gasteiger partial charge is 0.0232 e. The summed E-state index contributed by atoms with van der Waals surface area (Å²) in [6, 6.07) is 8.77. The number of nitrogens with two attached hydrogens (primary N) is 1. The van der Waals surface area contributed by atoms with Crippen molar-refractivity contribution in [2.75, 3.05) is 0 Å². The van der Waals surface area contributed by atoms with Crippen LogP contribution in [0.4, 0.5) is 0 Å². The molecule has 0 aromatic heterocycles. The zero-order chi connectivity index (χ0) is 9.26. The average molecular weight is 173 g/mol. The molecule has 1 aliphatic rings. The molecule has 2 N–H and O–H groups in total. The molecule has 1 nitrogen and oxygen atoms in total. The fourth-order valence-corrected chi connectivity index (χ4v) is 1.90. The minimum absolute atomic E-state index is 0.273. The van der Waals surface area contributed by atoms with Crippen LogP contribution in [0.15, 0.2) is 30.3 Å². The first-order chi connectivity index (χ1) is 6.27. The van der Waals surface area contributed by atoms with Gasteiger partial charge in [-0.25, -0.2) is 0 Å². The van der Waals surface area contributed by atoms with E-state index in [0.717, 1.165) is 12.8 Å². The molecule has 1 atom stereocenters. The third kappa shape index (κ3) is 1.65. The molecule has 0 saturated heterocycles. The van der Waals surface area contributed by atoms with Gasteiger partial charge in [-0.05, 0) is 36.5 Å². The van der Waals surface area contributed by atoms with E-state index in [1.54, 1.807) is 0 Å². The maximum atomic E-state index is 5.84. The van der Waals surface area contributed by atoms with Crippen molar-refractivity contribution in [3.8, 4) is 0 Å². The van der Waals surface area contributed by atoms with Crippen LogP contribution >= 0.6 is 0 Å². The molecular weight excluding hydrogens is 158 g/mol. The molecule has 13 heavy (non-hydrogen) atoms. The first kappa shape index (κ1) is 8.52. The van der Waals surface area contributed by atoms with Crippen molar-refractivity contribution in [2.24, 2.45) is 5.73 Å². The summed E-state index contributed by atoms with van der Waals surface area (Å²) in [5, 5.41) is 0. The number of rotatable bonds is 1. The fraction of sp³-hybridized carbons (Fsp3) is 0.333. The first-order valence-electron chi connectivity index (χ1n) is 4.79. The van der Waals surface area contributed by atoms with Crippen LogP contribution in [-0.4, -0.2) is 6.04 Å². The van der Waals surface area contributed by atoms with Gasteiger partial charge in [-0.1, -0.05) is 30.3 Å². The Morgan fingerprint density at radius 3 is 2.69 bits per heavy atom. The third-order valence-electron chi connectivity index (χ3n) is 2.65. The summed E-state index contributed by atoms with van der Waals surface area (Å²) in [5.41, 5.74) is 9.98. The molecular formula is C12H15N. The van der Waals surface area contributed by atoms with Crippen molar-refractivity contribution >= 4 is 5.57 Å². The van der Waals surface area contributed by atoms with Crippen molar-refractivity contribution in [2.45, 2.75) is 25.8 Å². The first-order valence-corrected chi connectivity index (χ1v) is 4.79. The third-order valence-corrected chi connectivity index (χ3v) is 2.65. The summed E-state index contributed by atoms with van der Waals surface area (Å²) in [7, 11) is 0. The Morgan fingerprint density at radius 2 is 2.08 bits per heavy atom. The molecule has 2 rings (SSSR count). The average Bonchev–Trinajstić information content (AvgIpc) is 2.53. The van der Waals surface area contributed by atoms with Gasteiger partial charge in [0.2, 0.25) is 0 Å². The zero-order valence-electron chi connectivity index (χ0n) is 7.96. The molecule has 1 aromatic carbocycles. The van der Waals surface area contributed by atoms with E-state index in [9.17, 15) is 0 Å². The Balaban J connectivity index is 2.36. The molecule has 0 radical (unpaired) electrons. The highest BCUT2D eigenvalue weighted by atomic mass is 14.6. The van der Waals surface area contributed by atoms with Crippen molar-refractivity contribution in [1.29, 1.82) is 0 Å². The molecule has 0 heterocycles. The van der Waals surface area contributed by atoms with Gasteiger partial charge in [0.25, 0.3) is 0 Å². The zero-order valence-corrected chi connectivity index (χ0v) is 7.96. The molecule has 0 spiro atoms. The number of hydrogen-bond donors (Lipinski definition) is 1. The van der Waals surface area contributed by atoms with Crippen LogP contribution in [0.5, 0.6) is 0 Å². The van der Waals surface area contributed by atoms with Crippen LogP contribution in [0.3, 0.4) is 0 Å². The largest absolute Gasteiger partial charge is 0.324 e. The Bertz CT molecular complexity index is 339. The van der Waals surface area contributed by atoms with E-state index >= 15 is 0 Å². The quantitative estimate of drug-likeness (QED) is 0.693. The second kappa shape index (κ2) is 3.35. The lowest BCUT2D eigenvalue weighted by molar-refractivity contribution is 0.782. The highest BCUT2D eigenvalue weighted by Crippen LogP contribution is 2.28. The summed E-state index contributed by atoms with van der Waals surface area (Å²) in [5.74, 6) is 0. The minimum Gasteiger partial charge on any atom is -0.324 e. The predicted octanol–water partition coefficient (Wildman–Crippen LogP) is 2.50. The fourth-order valence-electron chi connectivity index (χ4n) is 1.90. The lowest BCUT2D eigenvalue weighted by atomic mass is 10.0. The van der Waals surface area contributed by atoms with E-state index in [1.807, 2.05) is 0 Å². The van der Waals surface area contributed by atoms with Crippen LogP contribution in [0.1, 0.15) is 24.0 Å². The van der Waals surface area contributed by atoms with Gasteiger partial charge in [0, 0.05) is 6.04 Å². The molecule has 1 aliphatic carbocycles. The van der Waals surface area contributed by atoms with E-state index in [4.69, 9.17) is 5.73 Å². The van der Waals surface area contributed by atoms with Gasteiger partial charge in [0.15, 0.2) is 0 Å². The van der Waals surface area contributed by atoms with Crippen molar-refractivity contribution in [1.82, 2.24) is 0 Å². The summed E-state index contributed by atoms with van der Waals surface area (Å²) in [4.78, 5) is 0. The summed E-state index contributed by atoms with van der Waals surface area (Å²) >= 11 is 0. The van der Waals surface area contributed by atoms with Crippen molar-refractivity contribution in [3.63, 3.8) is 0 Å². The molecule has 0 bridgehead atoms. The highest BCUT2D eigenvalue weighted by Gasteiger charge is 2.13. The van der Waals surface area contributed by atoms with Gasteiger partial charge in [-0.15, -0.1) is 0 Å². The van der Waals surface area contributed by atoms with E-state index < -0.39 is 0 Å². The maximum Gasteiger partial charge on any atom is 0.0232 e. The number of aryl methyl sites for hydroxylation is 1. The second-order valence-electron chi connectivity index (χ2n) is 3.71. The minimum atomic E-state index is 0.273. The van der Waals surface area contributed by atoms with Gasteiger partial charge in [-0.3, -0.25) is 0 Å². The molecule has 1 heteroatoms. The standard InChI is InChI=1S/C12H15N/c1-9-4-2-3-5-12(9)10-6-7-11(13)8-10/h2-5,8,11H,6-7,13H2,1H3. The topological polar surface area (TPSA) is 26.0 Å². The Hall–Kier alpha value is -1.08. The predicted molar refractivity (Wildman–Crippen MR) is 56.4 cm³/mol.